The van der Waals surface area contributed by atoms with Crippen LogP contribution in [0.5, 0.6) is 0 Å². The second-order valence-electron chi connectivity index (χ2n) is 5.15. The molecule has 4 heteroatoms. The van der Waals surface area contributed by atoms with Crippen molar-refractivity contribution in [2.45, 2.75) is 13.0 Å². The molecule has 1 N–H and O–H groups in total. The van der Waals surface area contributed by atoms with Gasteiger partial charge in [-0.05, 0) is 37.7 Å². The highest BCUT2D eigenvalue weighted by Gasteiger charge is 2.20. The van der Waals surface area contributed by atoms with E-state index in [2.05, 4.69) is 70.3 Å². The highest BCUT2D eigenvalue weighted by atomic mass is 79.9. The molecule has 1 heterocycles. The molecule has 0 bridgehead atoms. The van der Waals surface area contributed by atoms with Crippen molar-refractivity contribution < 1.29 is 0 Å². The molecule has 1 saturated heterocycles. The van der Waals surface area contributed by atoms with Crippen LogP contribution in [0.3, 0.4) is 0 Å². The first-order valence-electron chi connectivity index (χ1n) is 6.46. The molecule has 2 rings (SSSR count). The molecule has 1 aliphatic rings. The maximum absolute atomic E-state index is 3.52. The number of piperazine rings is 1. The van der Waals surface area contributed by atoms with Gasteiger partial charge in [0, 0.05) is 49.4 Å². The fraction of sp³-hybridized carbons (Fsp3) is 0.571. The van der Waals surface area contributed by atoms with Crippen molar-refractivity contribution in [1.82, 2.24) is 10.2 Å². The summed E-state index contributed by atoms with van der Waals surface area (Å²) in [6.07, 6.45) is 0. The maximum Gasteiger partial charge on any atom is 0.0394 e. The molecule has 1 atom stereocenters. The summed E-state index contributed by atoms with van der Waals surface area (Å²) < 4.78 is 1.15. The van der Waals surface area contributed by atoms with E-state index < -0.39 is 0 Å². The molecule has 18 heavy (non-hydrogen) atoms. The van der Waals surface area contributed by atoms with Gasteiger partial charge in [0.05, 0.1) is 0 Å². The van der Waals surface area contributed by atoms with E-state index >= 15 is 0 Å². The van der Waals surface area contributed by atoms with Gasteiger partial charge in [-0.3, -0.25) is 4.90 Å². The summed E-state index contributed by atoms with van der Waals surface area (Å²) in [6.45, 7) is 6.55. The number of hydrogen-bond donors (Lipinski definition) is 1. The van der Waals surface area contributed by atoms with Gasteiger partial charge in [-0.1, -0.05) is 15.9 Å². The normalized spacial score (nSPS) is 21.0. The van der Waals surface area contributed by atoms with Gasteiger partial charge in [0.15, 0.2) is 0 Å². The van der Waals surface area contributed by atoms with E-state index in [0.717, 1.165) is 30.7 Å². The van der Waals surface area contributed by atoms with Crippen LogP contribution in [-0.2, 0) is 0 Å². The third kappa shape index (κ3) is 3.25. The Bertz CT molecular complexity index is 408. The minimum Gasteiger partial charge on any atom is -0.373 e. The lowest BCUT2D eigenvalue weighted by molar-refractivity contribution is 0.204. The van der Waals surface area contributed by atoms with Crippen LogP contribution >= 0.6 is 15.9 Å². The van der Waals surface area contributed by atoms with E-state index in [1.807, 2.05) is 0 Å². The van der Waals surface area contributed by atoms with Gasteiger partial charge in [0.25, 0.3) is 0 Å². The first kappa shape index (κ1) is 13.8. The van der Waals surface area contributed by atoms with Crippen molar-refractivity contribution in [3.05, 3.63) is 28.2 Å². The molecule has 0 amide bonds. The first-order valence-corrected chi connectivity index (χ1v) is 7.25. The number of likely N-dealkylation sites (N-methyl/N-ethyl adjacent to an activating group) is 2. The molecule has 0 radical (unpaired) electrons. The van der Waals surface area contributed by atoms with E-state index in [1.165, 1.54) is 11.3 Å². The highest BCUT2D eigenvalue weighted by Crippen LogP contribution is 2.23. The van der Waals surface area contributed by atoms with Crippen LogP contribution in [0.4, 0.5) is 5.69 Å². The van der Waals surface area contributed by atoms with Crippen LogP contribution < -0.4 is 10.2 Å². The maximum atomic E-state index is 3.52. The third-order valence-electron chi connectivity index (χ3n) is 3.70. The van der Waals surface area contributed by atoms with Crippen LogP contribution in [0.25, 0.3) is 0 Å². The fourth-order valence-corrected chi connectivity index (χ4v) is 3.00. The topological polar surface area (TPSA) is 18.5 Å². The second kappa shape index (κ2) is 6.04. The number of anilines is 1. The smallest absolute Gasteiger partial charge is 0.0394 e. The van der Waals surface area contributed by atoms with Crippen LogP contribution in [0, 0.1) is 6.92 Å². The number of aryl methyl sites for hydroxylation is 1. The molecule has 1 aliphatic heterocycles. The van der Waals surface area contributed by atoms with E-state index in [4.69, 9.17) is 0 Å². The van der Waals surface area contributed by atoms with Gasteiger partial charge in [-0.25, -0.2) is 0 Å². The SMILES string of the molecule is Cc1cc(Br)ccc1N(C)CC1CNCCN1C. The number of benzene rings is 1. The predicted molar refractivity (Wildman–Crippen MR) is 81.4 cm³/mol. The summed E-state index contributed by atoms with van der Waals surface area (Å²) in [7, 11) is 4.40. The Hall–Kier alpha value is -0.580. The Morgan fingerprint density at radius 1 is 1.50 bits per heavy atom. The molecular weight excluding hydrogens is 290 g/mol. The van der Waals surface area contributed by atoms with Gasteiger partial charge in [0.1, 0.15) is 0 Å². The zero-order valence-electron chi connectivity index (χ0n) is 11.4. The van der Waals surface area contributed by atoms with Gasteiger partial charge in [-0.2, -0.15) is 0 Å². The fourth-order valence-electron chi connectivity index (χ4n) is 2.53. The van der Waals surface area contributed by atoms with Crippen LogP contribution in [0.15, 0.2) is 22.7 Å². The summed E-state index contributed by atoms with van der Waals surface area (Å²) in [4.78, 5) is 4.80. The molecule has 0 aromatic heterocycles. The molecule has 0 saturated carbocycles. The Balaban J connectivity index is 2.04. The third-order valence-corrected chi connectivity index (χ3v) is 4.19. The Morgan fingerprint density at radius 2 is 2.28 bits per heavy atom. The minimum absolute atomic E-state index is 0.590. The number of halogens is 1. The predicted octanol–water partition coefficient (Wildman–Crippen LogP) is 2.10. The highest BCUT2D eigenvalue weighted by molar-refractivity contribution is 9.10. The van der Waals surface area contributed by atoms with Crippen molar-refractivity contribution in [2.75, 3.05) is 45.2 Å². The average Bonchev–Trinajstić information content (AvgIpc) is 2.32. The van der Waals surface area contributed by atoms with Crippen molar-refractivity contribution in [2.24, 2.45) is 0 Å². The van der Waals surface area contributed by atoms with E-state index in [-0.39, 0.29) is 0 Å². The summed E-state index contributed by atoms with van der Waals surface area (Å²) >= 11 is 3.52. The van der Waals surface area contributed by atoms with E-state index in [1.54, 1.807) is 0 Å². The number of nitrogens with one attached hydrogen (secondary N) is 1. The number of nitrogens with zero attached hydrogens (tertiary/aromatic N) is 2. The Labute approximate surface area is 118 Å². The molecule has 100 valence electrons. The minimum atomic E-state index is 0.590. The lowest BCUT2D eigenvalue weighted by Gasteiger charge is -2.36. The van der Waals surface area contributed by atoms with Crippen molar-refractivity contribution >= 4 is 21.6 Å². The number of rotatable bonds is 3. The van der Waals surface area contributed by atoms with E-state index in [9.17, 15) is 0 Å². The molecule has 1 fully saturated rings. The first-order chi connectivity index (χ1) is 8.58. The molecule has 1 unspecified atom stereocenters. The van der Waals surface area contributed by atoms with Gasteiger partial charge in [0.2, 0.25) is 0 Å². The lowest BCUT2D eigenvalue weighted by atomic mass is 10.1. The standard InChI is InChI=1S/C14H22BrN3/c1-11-8-12(15)4-5-14(11)18(3)10-13-9-16-6-7-17(13)2/h4-5,8,13,16H,6-7,9-10H2,1-3H3. The summed E-state index contributed by atoms with van der Waals surface area (Å²) in [5, 5.41) is 3.47. The van der Waals surface area contributed by atoms with Gasteiger partial charge >= 0.3 is 0 Å². The average molecular weight is 312 g/mol. The second-order valence-corrected chi connectivity index (χ2v) is 6.07. The monoisotopic (exact) mass is 311 g/mol. The van der Waals surface area contributed by atoms with Crippen LogP contribution in [0.1, 0.15) is 5.56 Å². The van der Waals surface area contributed by atoms with Gasteiger partial charge in [-0.15, -0.1) is 0 Å². The van der Waals surface area contributed by atoms with Gasteiger partial charge < -0.3 is 10.2 Å². The quantitative estimate of drug-likeness (QED) is 0.922. The van der Waals surface area contributed by atoms with Crippen molar-refractivity contribution in [3.63, 3.8) is 0 Å². The molecule has 0 aliphatic carbocycles. The Morgan fingerprint density at radius 3 is 2.94 bits per heavy atom. The zero-order valence-corrected chi connectivity index (χ0v) is 13.0. The van der Waals surface area contributed by atoms with E-state index in [0.29, 0.717) is 6.04 Å². The van der Waals surface area contributed by atoms with Crippen LogP contribution in [-0.4, -0.2) is 51.2 Å². The molecule has 1 aromatic rings. The summed E-state index contributed by atoms with van der Waals surface area (Å²) in [5.74, 6) is 0. The summed E-state index contributed by atoms with van der Waals surface area (Å²) in [6, 6.07) is 7.07. The van der Waals surface area contributed by atoms with Crippen LogP contribution in [0.2, 0.25) is 0 Å². The summed E-state index contributed by atoms with van der Waals surface area (Å²) in [5.41, 5.74) is 2.63. The Kier molecular flexibility index (Phi) is 4.65. The van der Waals surface area contributed by atoms with Crippen molar-refractivity contribution in [1.29, 1.82) is 0 Å². The lowest BCUT2D eigenvalue weighted by Crippen LogP contribution is -2.53. The van der Waals surface area contributed by atoms with Crippen molar-refractivity contribution in [3.8, 4) is 0 Å². The molecule has 0 spiro atoms. The zero-order chi connectivity index (χ0) is 13.1. The molecular formula is C14H22BrN3. The number of hydrogen-bond acceptors (Lipinski definition) is 3. The molecule has 3 nitrogen and oxygen atoms in total. The molecule has 1 aromatic carbocycles. The largest absolute Gasteiger partial charge is 0.373 e.